The summed E-state index contributed by atoms with van der Waals surface area (Å²) in [6, 6.07) is 0. The number of carbonyl (C=O) groups is 3. The monoisotopic (exact) mass is 314 g/mol. The first-order valence-electron chi connectivity index (χ1n) is 8.68. The average Bonchev–Trinajstić information content (AvgIpc) is 2.89. The second-order valence-electron chi connectivity index (χ2n) is 7.45. The molecule has 23 heavy (non-hydrogen) atoms. The minimum absolute atomic E-state index is 0.0223. The zero-order chi connectivity index (χ0) is 16.2. The SMILES string of the molecule is CC(=O)O[C@]12C=CC(=O)C=C1CC[C@H]1[C@@H]3CCC(=O)[C@H]3CC[C@@H]12. The van der Waals surface area contributed by atoms with Crippen molar-refractivity contribution in [2.75, 3.05) is 0 Å². The van der Waals surface area contributed by atoms with Gasteiger partial charge in [-0.2, -0.15) is 0 Å². The first kappa shape index (κ1) is 14.9. The van der Waals surface area contributed by atoms with Gasteiger partial charge in [-0.3, -0.25) is 14.4 Å². The van der Waals surface area contributed by atoms with Gasteiger partial charge in [0.25, 0.3) is 0 Å². The molecular weight excluding hydrogens is 292 g/mol. The summed E-state index contributed by atoms with van der Waals surface area (Å²) >= 11 is 0. The quantitative estimate of drug-likeness (QED) is 0.698. The van der Waals surface area contributed by atoms with Crippen LogP contribution < -0.4 is 0 Å². The Morgan fingerprint density at radius 2 is 1.91 bits per heavy atom. The molecule has 0 unspecified atom stereocenters. The van der Waals surface area contributed by atoms with Crippen LogP contribution in [0, 0.1) is 23.7 Å². The summed E-state index contributed by atoms with van der Waals surface area (Å²) in [7, 11) is 0. The minimum Gasteiger partial charge on any atom is -0.450 e. The van der Waals surface area contributed by atoms with Gasteiger partial charge in [-0.25, -0.2) is 0 Å². The number of ketones is 2. The average molecular weight is 314 g/mol. The summed E-state index contributed by atoms with van der Waals surface area (Å²) in [6.45, 7) is 1.44. The predicted molar refractivity (Wildman–Crippen MR) is 83.4 cm³/mol. The van der Waals surface area contributed by atoms with E-state index in [2.05, 4.69) is 0 Å². The maximum absolute atomic E-state index is 12.1. The molecule has 0 aromatic rings. The third-order valence-electron chi connectivity index (χ3n) is 6.43. The van der Waals surface area contributed by atoms with E-state index >= 15 is 0 Å². The largest absolute Gasteiger partial charge is 0.450 e. The van der Waals surface area contributed by atoms with Crippen LogP contribution in [0.5, 0.6) is 0 Å². The van der Waals surface area contributed by atoms with Crippen molar-refractivity contribution in [1.29, 1.82) is 0 Å². The summed E-state index contributed by atoms with van der Waals surface area (Å²) in [5.74, 6) is 1.35. The Labute approximate surface area is 136 Å². The Bertz CT molecular complexity index is 644. The number of hydrogen-bond acceptors (Lipinski definition) is 4. The fraction of sp³-hybridized carbons (Fsp3) is 0.632. The van der Waals surface area contributed by atoms with Gasteiger partial charge in [0.2, 0.25) is 0 Å². The Morgan fingerprint density at radius 1 is 1.13 bits per heavy atom. The van der Waals surface area contributed by atoms with Gasteiger partial charge in [0.15, 0.2) is 11.4 Å². The fourth-order valence-electron chi connectivity index (χ4n) is 5.65. The molecular formula is C19H22O4. The highest BCUT2D eigenvalue weighted by Crippen LogP contribution is 2.57. The molecule has 3 fully saturated rings. The molecule has 122 valence electrons. The standard InChI is InChI=1S/C19H22O4/c1-11(20)23-19-9-8-13(21)10-12(19)2-3-15-14-5-7-18(22)16(14)4-6-17(15)19/h8-10,14-17H,2-7H2,1H3/t14-,15-,16-,17-,19+/m0/s1. The molecule has 0 N–H and O–H groups in total. The van der Waals surface area contributed by atoms with Crippen LogP contribution in [0.3, 0.4) is 0 Å². The van der Waals surface area contributed by atoms with Crippen molar-refractivity contribution in [3.63, 3.8) is 0 Å². The molecule has 0 aliphatic heterocycles. The van der Waals surface area contributed by atoms with Gasteiger partial charge in [0, 0.05) is 25.2 Å². The van der Waals surface area contributed by atoms with Crippen LogP contribution in [0.2, 0.25) is 0 Å². The van der Waals surface area contributed by atoms with Gasteiger partial charge in [-0.05, 0) is 67.7 Å². The van der Waals surface area contributed by atoms with Crippen LogP contribution in [0.1, 0.15) is 45.4 Å². The lowest BCUT2D eigenvalue weighted by Crippen LogP contribution is -2.54. The van der Waals surface area contributed by atoms with Crippen molar-refractivity contribution in [3.8, 4) is 0 Å². The summed E-state index contributed by atoms with van der Waals surface area (Å²) in [5.41, 5.74) is 0.198. The van der Waals surface area contributed by atoms with Crippen molar-refractivity contribution in [3.05, 3.63) is 23.8 Å². The Kier molecular flexibility index (Phi) is 3.33. The van der Waals surface area contributed by atoms with Crippen molar-refractivity contribution < 1.29 is 19.1 Å². The molecule has 0 amide bonds. The molecule has 3 saturated carbocycles. The van der Waals surface area contributed by atoms with Crippen molar-refractivity contribution in [2.45, 2.75) is 51.0 Å². The molecule has 0 aromatic heterocycles. The van der Waals surface area contributed by atoms with E-state index in [-0.39, 0.29) is 23.6 Å². The molecule has 4 aliphatic carbocycles. The number of esters is 1. The summed E-state index contributed by atoms with van der Waals surface area (Å²) in [6.07, 6.45) is 10.3. The number of allylic oxidation sites excluding steroid dienone is 2. The summed E-state index contributed by atoms with van der Waals surface area (Å²) in [4.78, 5) is 35.7. The van der Waals surface area contributed by atoms with E-state index in [1.54, 1.807) is 12.2 Å². The topological polar surface area (TPSA) is 60.4 Å². The van der Waals surface area contributed by atoms with E-state index in [4.69, 9.17) is 4.74 Å². The van der Waals surface area contributed by atoms with Crippen molar-refractivity contribution in [1.82, 2.24) is 0 Å². The fourth-order valence-corrected chi connectivity index (χ4v) is 5.65. The molecule has 4 rings (SSSR count). The Morgan fingerprint density at radius 3 is 2.70 bits per heavy atom. The number of rotatable bonds is 1. The second-order valence-corrected chi connectivity index (χ2v) is 7.45. The highest BCUT2D eigenvalue weighted by atomic mass is 16.6. The van der Waals surface area contributed by atoms with Gasteiger partial charge in [0.05, 0.1) is 0 Å². The van der Waals surface area contributed by atoms with Gasteiger partial charge in [0.1, 0.15) is 5.78 Å². The predicted octanol–water partition coefficient (Wildman–Crippen LogP) is 2.77. The van der Waals surface area contributed by atoms with Gasteiger partial charge in [-0.15, -0.1) is 0 Å². The van der Waals surface area contributed by atoms with Crippen molar-refractivity contribution in [2.24, 2.45) is 23.7 Å². The van der Waals surface area contributed by atoms with E-state index in [9.17, 15) is 14.4 Å². The molecule has 5 atom stereocenters. The van der Waals surface area contributed by atoms with E-state index in [1.165, 1.54) is 6.92 Å². The van der Waals surface area contributed by atoms with E-state index < -0.39 is 5.60 Å². The molecule has 4 heteroatoms. The zero-order valence-electron chi connectivity index (χ0n) is 13.4. The molecule has 0 aromatic carbocycles. The number of ether oxygens (including phenoxy) is 1. The van der Waals surface area contributed by atoms with Crippen LogP contribution >= 0.6 is 0 Å². The maximum atomic E-state index is 12.1. The lowest BCUT2D eigenvalue weighted by Gasteiger charge is -2.53. The van der Waals surface area contributed by atoms with E-state index in [0.29, 0.717) is 24.0 Å². The molecule has 0 spiro atoms. The van der Waals surface area contributed by atoms with Crippen LogP contribution in [0.25, 0.3) is 0 Å². The summed E-state index contributed by atoms with van der Waals surface area (Å²) < 4.78 is 5.84. The normalized spacial score (nSPS) is 41.7. The Hall–Kier alpha value is -1.71. The third kappa shape index (κ3) is 2.14. The molecule has 0 saturated heterocycles. The molecule has 0 heterocycles. The number of Topliss-reactive ketones (excluding diaryl/α,β-unsaturated/α-hetero) is 1. The highest BCUT2D eigenvalue weighted by molar-refractivity contribution is 6.01. The van der Waals surface area contributed by atoms with Crippen LogP contribution in [-0.2, 0) is 19.1 Å². The minimum atomic E-state index is -0.751. The van der Waals surface area contributed by atoms with Gasteiger partial charge < -0.3 is 4.74 Å². The zero-order valence-corrected chi connectivity index (χ0v) is 13.4. The number of hydrogen-bond donors (Lipinski definition) is 0. The smallest absolute Gasteiger partial charge is 0.303 e. The molecule has 0 radical (unpaired) electrons. The molecule has 4 aliphatic rings. The number of fused-ring (bicyclic) bond motifs is 5. The van der Waals surface area contributed by atoms with Gasteiger partial charge in [-0.1, -0.05) is 0 Å². The third-order valence-corrected chi connectivity index (χ3v) is 6.43. The van der Waals surface area contributed by atoms with Crippen LogP contribution in [0.15, 0.2) is 23.8 Å². The van der Waals surface area contributed by atoms with Crippen LogP contribution in [-0.4, -0.2) is 23.1 Å². The van der Waals surface area contributed by atoms with E-state index in [0.717, 1.165) is 37.7 Å². The summed E-state index contributed by atoms with van der Waals surface area (Å²) in [5, 5.41) is 0. The highest BCUT2D eigenvalue weighted by Gasteiger charge is 2.57. The Balaban J connectivity index is 1.74. The van der Waals surface area contributed by atoms with Crippen molar-refractivity contribution >= 4 is 17.5 Å². The lowest BCUT2D eigenvalue weighted by molar-refractivity contribution is -0.162. The number of carbonyl (C=O) groups excluding carboxylic acids is 3. The first-order valence-corrected chi connectivity index (χ1v) is 8.68. The molecule has 4 nitrogen and oxygen atoms in total. The van der Waals surface area contributed by atoms with Crippen LogP contribution in [0.4, 0.5) is 0 Å². The van der Waals surface area contributed by atoms with Gasteiger partial charge >= 0.3 is 5.97 Å². The second kappa shape index (κ2) is 5.15. The maximum Gasteiger partial charge on any atom is 0.303 e. The first-order chi connectivity index (χ1) is 11.0. The molecule has 0 bridgehead atoms. The lowest BCUT2D eigenvalue weighted by atomic mass is 9.55. The van der Waals surface area contributed by atoms with E-state index in [1.807, 2.05) is 6.08 Å².